The Hall–Kier alpha value is -3.72. The van der Waals surface area contributed by atoms with E-state index < -0.39 is 6.36 Å². The molecule has 0 aliphatic carbocycles. The largest absolute Gasteiger partial charge is 0.573 e. The van der Waals surface area contributed by atoms with Crippen LogP contribution in [0.3, 0.4) is 0 Å². The molecule has 220 valence electrons. The standard InChI is InChI=1S/C32H39F3N4O2/c1-31(2,22-36)23-37-30(39-18-16-25(17-19-39)20-24-6-4-3-5-7-24)38-27-10-14-28(15-11-27)40-21-26-8-12-29(13-9-26)41-32(33,34)35/h3-15,25H,16-23,36H2,1-2H3,(H,37,38). The summed E-state index contributed by atoms with van der Waals surface area (Å²) in [7, 11) is 0. The number of nitrogens with two attached hydrogens (primary N) is 1. The second-order valence-corrected chi connectivity index (χ2v) is 11.3. The second kappa shape index (κ2) is 13.8. The molecule has 6 nitrogen and oxygen atoms in total. The van der Waals surface area contributed by atoms with E-state index in [1.54, 1.807) is 12.1 Å². The number of nitrogens with zero attached hydrogens (tertiary/aromatic N) is 2. The van der Waals surface area contributed by atoms with E-state index in [1.165, 1.54) is 17.7 Å². The Morgan fingerprint density at radius 2 is 1.54 bits per heavy atom. The van der Waals surface area contributed by atoms with Gasteiger partial charge in [0, 0.05) is 19.6 Å². The second-order valence-electron chi connectivity index (χ2n) is 11.3. The third kappa shape index (κ3) is 10.0. The van der Waals surface area contributed by atoms with Gasteiger partial charge in [-0.05, 0) is 84.7 Å². The van der Waals surface area contributed by atoms with Crippen molar-refractivity contribution in [3.05, 3.63) is 90.0 Å². The van der Waals surface area contributed by atoms with Gasteiger partial charge in [0.2, 0.25) is 0 Å². The quantitative estimate of drug-likeness (QED) is 0.211. The highest BCUT2D eigenvalue weighted by Crippen LogP contribution is 2.26. The maximum Gasteiger partial charge on any atom is 0.573 e. The molecule has 0 amide bonds. The number of guanidine groups is 1. The molecule has 0 bridgehead atoms. The van der Waals surface area contributed by atoms with Crippen molar-refractivity contribution in [3.63, 3.8) is 0 Å². The maximum absolute atomic E-state index is 12.4. The van der Waals surface area contributed by atoms with Crippen molar-refractivity contribution in [2.24, 2.45) is 22.1 Å². The number of aliphatic imine (C=N–C) groups is 1. The highest BCUT2D eigenvalue weighted by atomic mass is 19.4. The van der Waals surface area contributed by atoms with Crippen LogP contribution in [-0.2, 0) is 13.0 Å². The van der Waals surface area contributed by atoms with E-state index in [9.17, 15) is 13.2 Å². The van der Waals surface area contributed by atoms with Crippen LogP contribution in [0, 0.1) is 11.3 Å². The summed E-state index contributed by atoms with van der Waals surface area (Å²) in [6, 6.07) is 23.8. The molecule has 3 aromatic rings. The Bertz CT molecular complexity index is 1240. The summed E-state index contributed by atoms with van der Waals surface area (Å²) >= 11 is 0. The first kappa shape index (κ1) is 30.2. The number of nitrogens with one attached hydrogen (secondary N) is 1. The van der Waals surface area contributed by atoms with Crippen LogP contribution in [0.5, 0.6) is 11.5 Å². The smallest absolute Gasteiger partial charge is 0.489 e. The zero-order valence-corrected chi connectivity index (χ0v) is 23.7. The first-order chi connectivity index (χ1) is 19.6. The Morgan fingerprint density at radius 1 is 0.902 bits per heavy atom. The zero-order valence-electron chi connectivity index (χ0n) is 23.7. The summed E-state index contributed by atoms with van der Waals surface area (Å²) in [5, 5.41) is 3.56. The first-order valence-corrected chi connectivity index (χ1v) is 14.0. The predicted octanol–water partition coefficient (Wildman–Crippen LogP) is 6.68. The predicted molar refractivity (Wildman–Crippen MR) is 156 cm³/mol. The summed E-state index contributed by atoms with van der Waals surface area (Å²) in [6.07, 6.45) is -1.41. The van der Waals surface area contributed by atoms with Gasteiger partial charge in [0.15, 0.2) is 5.96 Å². The molecule has 1 saturated heterocycles. The SMILES string of the molecule is CC(C)(CN)CN/C(=N\c1ccc(OCc2ccc(OC(F)(F)F)cc2)cc1)N1CCC(Cc2ccccc2)CC1. The molecule has 0 unspecified atom stereocenters. The van der Waals surface area contributed by atoms with Gasteiger partial charge in [0.25, 0.3) is 0 Å². The third-order valence-corrected chi connectivity index (χ3v) is 7.19. The maximum atomic E-state index is 12.4. The fourth-order valence-corrected chi connectivity index (χ4v) is 4.60. The highest BCUT2D eigenvalue weighted by molar-refractivity contribution is 5.83. The summed E-state index contributed by atoms with van der Waals surface area (Å²) in [5.41, 5.74) is 8.82. The van der Waals surface area contributed by atoms with E-state index in [0.717, 1.165) is 49.6 Å². The lowest BCUT2D eigenvalue weighted by Crippen LogP contribution is -2.49. The van der Waals surface area contributed by atoms with Crippen molar-refractivity contribution >= 4 is 11.6 Å². The van der Waals surface area contributed by atoms with Gasteiger partial charge in [0.05, 0.1) is 5.69 Å². The number of hydrogen-bond acceptors (Lipinski definition) is 4. The fourth-order valence-electron chi connectivity index (χ4n) is 4.60. The van der Waals surface area contributed by atoms with Gasteiger partial charge in [-0.1, -0.05) is 56.3 Å². The van der Waals surface area contributed by atoms with E-state index in [1.807, 2.05) is 24.3 Å². The summed E-state index contributed by atoms with van der Waals surface area (Å²) in [6.45, 7) is 7.62. The molecule has 1 heterocycles. The summed E-state index contributed by atoms with van der Waals surface area (Å²) in [5.74, 6) is 1.88. The summed E-state index contributed by atoms with van der Waals surface area (Å²) < 4.78 is 46.8. The molecule has 0 spiro atoms. The minimum absolute atomic E-state index is 0.0683. The first-order valence-electron chi connectivity index (χ1n) is 14.0. The number of halogens is 3. The van der Waals surface area contributed by atoms with Gasteiger partial charge in [-0.3, -0.25) is 0 Å². The van der Waals surface area contributed by atoms with Gasteiger partial charge in [-0.25, -0.2) is 4.99 Å². The molecule has 1 aliphatic heterocycles. The van der Waals surface area contributed by atoms with Crippen molar-refractivity contribution in [2.45, 2.75) is 46.1 Å². The number of benzene rings is 3. The molecule has 1 aliphatic rings. The minimum atomic E-state index is -4.71. The van der Waals surface area contributed by atoms with Crippen molar-refractivity contribution in [1.29, 1.82) is 0 Å². The lowest BCUT2D eigenvalue weighted by molar-refractivity contribution is -0.274. The van der Waals surface area contributed by atoms with Crippen LogP contribution in [0.1, 0.15) is 37.8 Å². The van der Waals surface area contributed by atoms with E-state index in [4.69, 9.17) is 15.5 Å². The average molecular weight is 569 g/mol. The topological polar surface area (TPSA) is 72.1 Å². The number of rotatable bonds is 10. The number of ether oxygens (including phenoxy) is 2. The van der Waals surface area contributed by atoms with Crippen LogP contribution in [0.15, 0.2) is 83.9 Å². The molecule has 1 fully saturated rings. The average Bonchev–Trinajstić information content (AvgIpc) is 2.96. The van der Waals surface area contributed by atoms with Crippen molar-refractivity contribution < 1.29 is 22.6 Å². The lowest BCUT2D eigenvalue weighted by atomic mass is 9.90. The van der Waals surface area contributed by atoms with Crippen molar-refractivity contribution in [2.75, 3.05) is 26.2 Å². The third-order valence-electron chi connectivity index (χ3n) is 7.19. The van der Waals surface area contributed by atoms with Gasteiger partial charge < -0.3 is 25.4 Å². The van der Waals surface area contributed by atoms with Crippen LogP contribution in [-0.4, -0.2) is 43.4 Å². The number of alkyl halides is 3. The van der Waals surface area contributed by atoms with Crippen LogP contribution in [0.4, 0.5) is 18.9 Å². The molecule has 9 heteroatoms. The van der Waals surface area contributed by atoms with E-state index in [2.05, 4.69) is 59.1 Å². The van der Waals surface area contributed by atoms with Crippen LogP contribution >= 0.6 is 0 Å². The Kier molecular flexibility index (Phi) is 10.2. The van der Waals surface area contributed by atoms with E-state index in [0.29, 0.717) is 24.8 Å². The van der Waals surface area contributed by atoms with Crippen molar-refractivity contribution in [1.82, 2.24) is 10.2 Å². The highest BCUT2D eigenvalue weighted by Gasteiger charge is 2.31. The Balaban J connectivity index is 1.37. The zero-order chi connectivity index (χ0) is 29.3. The lowest BCUT2D eigenvalue weighted by Gasteiger charge is -2.35. The number of hydrogen-bond donors (Lipinski definition) is 2. The van der Waals surface area contributed by atoms with Crippen LogP contribution < -0.4 is 20.5 Å². The molecule has 0 atom stereocenters. The van der Waals surface area contributed by atoms with E-state index >= 15 is 0 Å². The minimum Gasteiger partial charge on any atom is -0.489 e. The normalized spacial score (nSPS) is 15.1. The Morgan fingerprint density at radius 3 is 2.15 bits per heavy atom. The molecular formula is C32H39F3N4O2. The van der Waals surface area contributed by atoms with Gasteiger partial charge in [-0.15, -0.1) is 13.2 Å². The summed E-state index contributed by atoms with van der Waals surface area (Å²) in [4.78, 5) is 7.28. The Labute approximate surface area is 240 Å². The fraction of sp³-hybridized carbons (Fsp3) is 0.406. The number of likely N-dealkylation sites (tertiary alicyclic amines) is 1. The molecule has 3 aromatic carbocycles. The van der Waals surface area contributed by atoms with E-state index in [-0.39, 0.29) is 17.8 Å². The number of piperidine rings is 1. The molecule has 0 aromatic heterocycles. The van der Waals surface area contributed by atoms with Crippen molar-refractivity contribution in [3.8, 4) is 11.5 Å². The monoisotopic (exact) mass is 568 g/mol. The molecule has 41 heavy (non-hydrogen) atoms. The van der Waals surface area contributed by atoms with Gasteiger partial charge in [-0.2, -0.15) is 0 Å². The molecular weight excluding hydrogens is 529 g/mol. The molecule has 0 radical (unpaired) electrons. The van der Waals surface area contributed by atoms with Gasteiger partial charge in [0.1, 0.15) is 18.1 Å². The molecule has 0 saturated carbocycles. The molecule has 4 rings (SSSR count). The van der Waals surface area contributed by atoms with Crippen LogP contribution in [0.25, 0.3) is 0 Å². The van der Waals surface area contributed by atoms with Crippen LogP contribution in [0.2, 0.25) is 0 Å². The molecule has 3 N–H and O–H groups in total. The van der Waals surface area contributed by atoms with Gasteiger partial charge >= 0.3 is 6.36 Å².